The van der Waals surface area contributed by atoms with Crippen LogP contribution in [0.3, 0.4) is 0 Å². The fourth-order valence-electron chi connectivity index (χ4n) is 1.08. The van der Waals surface area contributed by atoms with Gasteiger partial charge in [-0.2, -0.15) is 0 Å². The minimum atomic E-state index is 0.193. The van der Waals surface area contributed by atoms with Crippen LogP contribution in [-0.2, 0) is 6.54 Å². The van der Waals surface area contributed by atoms with Gasteiger partial charge >= 0.3 is 0 Å². The molecule has 0 radical (unpaired) electrons. The number of halogens is 1. The quantitative estimate of drug-likeness (QED) is 0.759. The van der Waals surface area contributed by atoms with E-state index in [1.165, 1.54) is 0 Å². The lowest BCUT2D eigenvalue weighted by atomic mass is 10.1. The highest BCUT2D eigenvalue weighted by molar-refractivity contribution is 6.20. The van der Waals surface area contributed by atoms with Crippen LogP contribution >= 0.6 is 11.6 Å². The van der Waals surface area contributed by atoms with E-state index in [9.17, 15) is 0 Å². The van der Waals surface area contributed by atoms with E-state index in [-0.39, 0.29) is 5.38 Å². The summed E-state index contributed by atoms with van der Waals surface area (Å²) in [5.41, 5.74) is 1.06. The molecule has 1 heterocycles. The Kier molecular flexibility index (Phi) is 4.91. The van der Waals surface area contributed by atoms with E-state index < -0.39 is 0 Å². The van der Waals surface area contributed by atoms with E-state index >= 15 is 0 Å². The van der Waals surface area contributed by atoms with Gasteiger partial charge in [-0.1, -0.05) is 19.9 Å². The third-order valence-electron chi connectivity index (χ3n) is 2.09. The molecular formula is C11H17ClN2. The van der Waals surface area contributed by atoms with E-state index in [4.69, 9.17) is 11.6 Å². The van der Waals surface area contributed by atoms with Crippen LogP contribution < -0.4 is 5.32 Å². The van der Waals surface area contributed by atoms with Gasteiger partial charge in [0.2, 0.25) is 0 Å². The number of aromatic nitrogens is 1. The van der Waals surface area contributed by atoms with Crippen molar-refractivity contribution in [2.45, 2.75) is 25.8 Å². The monoisotopic (exact) mass is 212 g/mol. The molecule has 0 fully saturated rings. The topological polar surface area (TPSA) is 24.9 Å². The molecule has 1 atom stereocenters. The minimum absolute atomic E-state index is 0.193. The first-order valence-electron chi connectivity index (χ1n) is 4.95. The van der Waals surface area contributed by atoms with Gasteiger partial charge in [0.1, 0.15) is 0 Å². The Labute approximate surface area is 90.7 Å². The van der Waals surface area contributed by atoms with Gasteiger partial charge < -0.3 is 5.32 Å². The highest BCUT2D eigenvalue weighted by Gasteiger charge is 2.08. The average molecular weight is 213 g/mol. The highest BCUT2D eigenvalue weighted by Crippen LogP contribution is 2.07. The van der Waals surface area contributed by atoms with Crippen molar-refractivity contribution in [3.63, 3.8) is 0 Å². The van der Waals surface area contributed by atoms with Crippen molar-refractivity contribution in [2.24, 2.45) is 5.92 Å². The zero-order chi connectivity index (χ0) is 10.4. The largest absolute Gasteiger partial charge is 0.310 e. The summed E-state index contributed by atoms with van der Waals surface area (Å²) in [6.45, 7) is 5.87. The van der Waals surface area contributed by atoms with Crippen LogP contribution in [0, 0.1) is 5.92 Å². The van der Waals surface area contributed by atoms with Crippen LogP contribution in [-0.4, -0.2) is 16.9 Å². The Hall–Kier alpha value is -0.600. The molecule has 1 aromatic rings. The van der Waals surface area contributed by atoms with Crippen LogP contribution in [0.1, 0.15) is 19.5 Å². The molecule has 0 aliphatic rings. The van der Waals surface area contributed by atoms with Gasteiger partial charge in [-0.25, -0.2) is 0 Å². The van der Waals surface area contributed by atoms with Crippen molar-refractivity contribution < 1.29 is 0 Å². The van der Waals surface area contributed by atoms with Crippen LogP contribution in [0.15, 0.2) is 24.4 Å². The third kappa shape index (κ3) is 4.07. The zero-order valence-corrected chi connectivity index (χ0v) is 9.46. The molecule has 0 aliphatic heterocycles. The van der Waals surface area contributed by atoms with E-state index in [1.807, 2.05) is 18.2 Å². The minimum Gasteiger partial charge on any atom is -0.310 e. The number of alkyl halides is 1. The summed E-state index contributed by atoms with van der Waals surface area (Å²) in [6, 6.07) is 5.91. The summed E-state index contributed by atoms with van der Waals surface area (Å²) in [6.07, 6.45) is 1.80. The van der Waals surface area contributed by atoms with Crippen molar-refractivity contribution in [2.75, 3.05) is 6.54 Å². The summed E-state index contributed by atoms with van der Waals surface area (Å²) in [5, 5.41) is 3.48. The number of nitrogens with zero attached hydrogens (tertiary/aromatic N) is 1. The molecule has 0 saturated heterocycles. The molecular weight excluding hydrogens is 196 g/mol. The Morgan fingerprint density at radius 3 is 2.79 bits per heavy atom. The number of rotatable bonds is 5. The first-order chi connectivity index (χ1) is 6.70. The van der Waals surface area contributed by atoms with Crippen LogP contribution in [0.25, 0.3) is 0 Å². The Morgan fingerprint density at radius 1 is 1.43 bits per heavy atom. The second-order valence-corrected chi connectivity index (χ2v) is 4.27. The second-order valence-electron chi connectivity index (χ2n) is 3.71. The number of nitrogens with one attached hydrogen (secondary N) is 1. The van der Waals surface area contributed by atoms with Crippen molar-refractivity contribution in [3.8, 4) is 0 Å². The maximum absolute atomic E-state index is 6.10. The molecule has 1 N–H and O–H groups in total. The van der Waals surface area contributed by atoms with Gasteiger partial charge in [-0.05, 0) is 18.1 Å². The molecule has 0 aromatic carbocycles. The van der Waals surface area contributed by atoms with Crippen LogP contribution in [0.4, 0.5) is 0 Å². The van der Waals surface area contributed by atoms with E-state index in [2.05, 4.69) is 24.1 Å². The molecule has 14 heavy (non-hydrogen) atoms. The maximum atomic E-state index is 6.10. The molecule has 78 valence electrons. The first-order valence-corrected chi connectivity index (χ1v) is 5.38. The van der Waals surface area contributed by atoms with Crippen LogP contribution in [0.2, 0.25) is 0 Å². The zero-order valence-electron chi connectivity index (χ0n) is 8.70. The smallest absolute Gasteiger partial charge is 0.0541 e. The Balaban J connectivity index is 2.22. The van der Waals surface area contributed by atoms with E-state index in [0.29, 0.717) is 5.92 Å². The fraction of sp³-hybridized carbons (Fsp3) is 0.545. The third-order valence-corrected chi connectivity index (χ3v) is 2.75. The molecule has 3 heteroatoms. The number of hydrogen-bond donors (Lipinski definition) is 1. The standard InChI is InChI=1S/C11H17ClN2/c1-9(2)11(12)8-13-7-10-5-3-4-6-14-10/h3-6,9,11,13H,7-8H2,1-2H3. The summed E-state index contributed by atoms with van der Waals surface area (Å²) < 4.78 is 0. The second kappa shape index (κ2) is 5.99. The average Bonchev–Trinajstić information content (AvgIpc) is 2.19. The Bertz CT molecular complexity index is 249. The summed E-state index contributed by atoms with van der Waals surface area (Å²) in [5.74, 6) is 0.507. The van der Waals surface area contributed by atoms with Crippen molar-refractivity contribution >= 4 is 11.6 Å². The lowest BCUT2D eigenvalue weighted by Crippen LogP contribution is -2.26. The van der Waals surface area contributed by atoms with Crippen molar-refractivity contribution in [1.29, 1.82) is 0 Å². The molecule has 0 bridgehead atoms. The van der Waals surface area contributed by atoms with Gasteiger partial charge in [-0.15, -0.1) is 11.6 Å². The summed E-state index contributed by atoms with van der Waals surface area (Å²) in [4.78, 5) is 4.21. The van der Waals surface area contributed by atoms with Crippen molar-refractivity contribution in [1.82, 2.24) is 10.3 Å². The lowest BCUT2D eigenvalue weighted by Gasteiger charge is -2.13. The Morgan fingerprint density at radius 2 is 2.21 bits per heavy atom. The number of hydrogen-bond acceptors (Lipinski definition) is 2. The molecule has 0 aliphatic carbocycles. The first kappa shape index (κ1) is 11.5. The molecule has 1 rings (SSSR count). The lowest BCUT2D eigenvalue weighted by molar-refractivity contribution is 0.543. The predicted octanol–water partition coefficient (Wildman–Crippen LogP) is 2.43. The van der Waals surface area contributed by atoms with Gasteiger partial charge in [-0.3, -0.25) is 4.98 Å². The predicted molar refractivity (Wildman–Crippen MR) is 60.4 cm³/mol. The summed E-state index contributed by atoms with van der Waals surface area (Å²) >= 11 is 6.10. The maximum Gasteiger partial charge on any atom is 0.0541 e. The molecule has 1 unspecified atom stereocenters. The molecule has 0 saturated carbocycles. The highest BCUT2D eigenvalue weighted by atomic mass is 35.5. The molecule has 0 amide bonds. The van der Waals surface area contributed by atoms with Gasteiger partial charge in [0.25, 0.3) is 0 Å². The normalized spacial score (nSPS) is 13.1. The van der Waals surface area contributed by atoms with E-state index in [1.54, 1.807) is 6.20 Å². The van der Waals surface area contributed by atoms with Gasteiger partial charge in [0.15, 0.2) is 0 Å². The van der Waals surface area contributed by atoms with Crippen LogP contribution in [0.5, 0.6) is 0 Å². The summed E-state index contributed by atoms with van der Waals surface area (Å²) in [7, 11) is 0. The molecule has 0 spiro atoms. The van der Waals surface area contributed by atoms with Gasteiger partial charge in [0, 0.05) is 24.7 Å². The number of pyridine rings is 1. The molecule has 1 aromatic heterocycles. The van der Waals surface area contributed by atoms with Crippen molar-refractivity contribution in [3.05, 3.63) is 30.1 Å². The SMILES string of the molecule is CC(C)C(Cl)CNCc1ccccn1. The molecule has 2 nitrogen and oxygen atoms in total. The van der Waals surface area contributed by atoms with E-state index in [0.717, 1.165) is 18.8 Å². The fourth-order valence-corrected chi connectivity index (χ4v) is 1.19. The van der Waals surface area contributed by atoms with Gasteiger partial charge in [0.05, 0.1) is 5.69 Å².